The molecule has 0 aromatic carbocycles. The summed E-state index contributed by atoms with van der Waals surface area (Å²) in [4.78, 5) is 0. The molecular weight excluding hydrogens is 424 g/mol. The van der Waals surface area contributed by atoms with Crippen LogP contribution in [0.3, 0.4) is 0 Å². The third-order valence-corrected chi connectivity index (χ3v) is 3.21. The fourth-order valence-electron chi connectivity index (χ4n) is 2.18. The third kappa shape index (κ3) is 7.62. The van der Waals surface area contributed by atoms with Crippen LogP contribution in [0.15, 0.2) is 60.3 Å². The largest absolute Gasteiger partial charge is 0 e. The maximum absolute atomic E-state index is 7.50. The van der Waals surface area contributed by atoms with Crippen LogP contribution >= 0.6 is 0 Å². The van der Waals surface area contributed by atoms with Crippen molar-refractivity contribution < 1.29 is 24.8 Å². The fourth-order valence-corrected chi connectivity index (χ4v) is 2.18. The van der Waals surface area contributed by atoms with Crippen molar-refractivity contribution in [2.45, 2.75) is 38.5 Å². The zero-order valence-electron chi connectivity index (χ0n) is 11.7. The van der Waals surface area contributed by atoms with Gasteiger partial charge in [0, 0.05) is 26.0 Å². The second-order valence-electron chi connectivity index (χ2n) is 4.62. The Balaban J connectivity index is 0.000000310. The van der Waals surface area contributed by atoms with Crippen LogP contribution in [0.1, 0.15) is 38.5 Å². The molecule has 0 atom stereocenters. The first-order valence-corrected chi connectivity index (χ1v) is 6.93. The summed E-state index contributed by atoms with van der Waals surface area (Å²) in [6.07, 6.45) is 27.7. The Bertz CT molecular complexity index is 400. The van der Waals surface area contributed by atoms with E-state index in [1.54, 1.807) is 0 Å². The van der Waals surface area contributed by atoms with Gasteiger partial charge in [0.15, 0.2) is 0 Å². The molecule has 2 heteroatoms. The molecule has 0 saturated carbocycles. The summed E-state index contributed by atoms with van der Waals surface area (Å²) in [5.41, 5.74) is 1.33. The van der Waals surface area contributed by atoms with Gasteiger partial charge >= 0.3 is 11.3 Å². The molecule has 0 amide bonds. The van der Waals surface area contributed by atoms with E-state index in [4.69, 9.17) is 4.65 Å². The predicted octanol–water partition coefficient (Wildman–Crippen LogP) is 5.04. The van der Waals surface area contributed by atoms with Crippen LogP contribution in [0.2, 0.25) is 0 Å². The van der Waals surface area contributed by atoms with Crippen LogP contribution in [-0.4, -0.2) is 0 Å². The van der Waals surface area contributed by atoms with Gasteiger partial charge in [-0.3, -0.25) is 0 Å². The quantitative estimate of drug-likeness (QED) is 0.283. The van der Waals surface area contributed by atoms with Crippen LogP contribution in [0.4, 0.5) is 0 Å². The summed E-state index contributed by atoms with van der Waals surface area (Å²) in [5.74, 6) is 1.33. The van der Waals surface area contributed by atoms with Gasteiger partial charge < -0.3 is 0 Å². The van der Waals surface area contributed by atoms with E-state index in [2.05, 4.69) is 61.3 Å². The van der Waals surface area contributed by atoms with E-state index in [1.165, 1.54) is 50.0 Å². The van der Waals surface area contributed by atoms with Crippen LogP contribution < -0.4 is 0 Å². The maximum Gasteiger partial charge on any atom is 0 e. The molecule has 0 unspecified atom stereocenters. The molecule has 0 heterocycles. The zero-order valence-corrected chi connectivity index (χ0v) is 14.1. The van der Waals surface area contributed by atoms with Gasteiger partial charge in [0.1, 0.15) is 0 Å². The molecule has 108 valence electrons. The third-order valence-electron chi connectivity index (χ3n) is 3.21. The van der Waals surface area contributed by atoms with Crippen molar-refractivity contribution in [2.24, 2.45) is 0 Å². The summed E-state index contributed by atoms with van der Waals surface area (Å²) in [6.45, 7) is 4.50. The standard InChI is InChI=1S/C9H7.C8H14.CO.Ir/c1-2-5-9-7-3-6-8(9)4-1;1-2-4-6-8-7-5-3-1;1-2;/h1-7H;1-2H,3-8H2;;/b;2-1-;;. The molecule has 3 aliphatic carbocycles. The van der Waals surface area contributed by atoms with E-state index in [0.29, 0.717) is 0 Å². The molecule has 0 N–H and O–H groups in total. The van der Waals surface area contributed by atoms with E-state index in [-0.39, 0.29) is 20.1 Å². The summed E-state index contributed by atoms with van der Waals surface area (Å²) in [5, 5.41) is 0. The molecule has 0 aromatic heterocycles. The molecule has 0 saturated heterocycles. The summed E-state index contributed by atoms with van der Waals surface area (Å²) in [6, 6.07) is 0. The Morgan fingerprint density at radius 1 is 0.750 bits per heavy atom. The number of rotatable bonds is 0. The maximum atomic E-state index is 7.50. The minimum absolute atomic E-state index is 0. The number of hydrogen-bond donors (Lipinski definition) is 0. The molecule has 0 fully saturated rings. The fraction of sp³-hybridized carbons (Fsp3) is 0.333. The molecular formula is C18H21IrO. The first kappa shape index (κ1) is 19.1. The molecule has 20 heavy (non-hydrogen) atoms. The number of fused-ring (bicyclic) bond motifs is 1. The van der Waals surface area contributed by atoms with E-state index in [0.717, 1.165) is 0 Å². The second kappa shape index (κ2) is 13.1. The Hall–Kier alpha value is -0.911. The van der Waals surface area contributed by atoms with Crippen LogP contribution in [-0.2, 0) is 24.8 Å². The van der Waals surface area contributed by atoms with Gasteiger partial charge in [0.05, 0.1) is 0 Å². The van der Waals surface area contributed by atoms with Crippen LogP contribution in [0.25, 0.3) is 0 Å². The van der Waals surface area contributed by atoms with Gasteiger partial charge in [-0.15, -0.1) is 0 Å². The predicted molar refractivity (Wildman–Crippen MR) is 79.5 cm³/mol. The SMILES string of the molecule is C1=C[C]2C=CC=C2C=C1.C1=C\CCCCCC/1.[C-]#[O+].[Ir]. The molecule has 0 aromatic rings. The van der Waals surface area contributed by atoms with Crippen molar-refractivity contribution in [1.29, 1.82) is 0 Å². The monoisotopic (exact) mass is 446 g/mol. The summed E-state index contributed by atoms with van der Waals surface area (Å²) >= 11 is 0. The van der Waals surface area contributed by atoms with Crippen molar-refractivity contribution in [1.82, 2.24) is 0 Å². The van der Waals surface area contributed by atoms with E-state index < -0.39 is 0 Å². The van der Waals surface area contributed by atoms with E-state index in [1.807, 2.05) is 0 Å². The number of allylic oxidation sites excluding steroid dienone is 10. The topological polar surface area (TPSA) is 19.9 Å². The zero-order chi connectivity index (χ0) is 13.8. The first-order chi connectivity index (χ1) is 9.47. The summed E-state index contributed by atoms with van der Waals surface area (Å²) < 4.78 is 7.50. The number of hydrogen-bond acceptors (Lipinski definition) is 0. The van der Waals surface area contributed by atoms with Gasteiger partial charge in [-0.2, -0.15) is 0 Å². The molecule has 2 radical (unpaired) electrons. The van der Waals surface area contributed by atoms with Crippen LogP contribution in [0, 0.1) is 12.6 Å². The van der Waals surface area contributed by atoms with Crippen molar-refractivity contribution in [3.05, 3.63) is 72.8 Å². The van der Waals surface area contributed by atoms with Gasteiger partial charge in [-0.05, 0) is 31.3 Å². The van der Waals surface area contributed by atoms with Crippen molar-refractivity contribution in [3.8, 4) is 0 Å². The van der Waals surface area contributed by atoms with Gasteiger partial charge in [0.2, 0.25) is 0 Å². The van der Waals surface area contributed by atoms with Crippen molar-refractivity contribution in [3.63, 3.8) is 0 Å². The van der Waals surface area contributed by atoms with Gasteiger partial charge in [-0.25, -0.2) is 0 Å². The van der Waals surface area contributed by atoms with E-state index >= 15 is 0 Å². The average Bonchev–Trinajstić information content (AvgIpc) is 2.89. The summed E-state index contributed by atoms with van der Waals surface area (Å²) in [7, 11) is 0. The molecule has 1 nitrogen and oxygen atoms in total. The minimum Gasteiger partial charge on any atom is 0 e. The molecule has 0 bridgehead atoms. The van der Waals surface area contributed by atoms with E-state index in [9.17, 15) is 0 Å². The smallest absolute Gasteiger partial charge is 0 e. The van der Waals surface area contributed by atoms with Gasteiger partial charge in [0.25, 0.3) is 0 Å². The van der Waals surface area contributed by atoms with Crippen molar-refractivity contribution in [2.75, 3.05) is 0 Å². The normalized spacial score (nSPS) is 20.6. The molecule has 0 spiro atoms. The minimum atomic E-state index is 0. The molecule has 0 aliphatic heterocycles. The first-order valence-electron chi connectivity index (χ1n) is 6.93. The molecule has 3 rings (SSSR count). The Morgan fingerprint density at radius 3 is 1.90 bits per heavy atom. The Kier molecular flexibility index (Phi) is 12.5. The van der Waals surface area contributed by atoms with Crippen LogP contribution in [0.5, 0.6) is 0 Å². The van der Waals surface area contributed by atoms with Gasteiger partial charge in [-0.1, -0.05) is 67.5 Å². The molecule has 3 aliphatic rings. The average molecular weight is 446 g/mol. The Morgan fingerprint density at radius 2 is 1.30 bits per heavy atom. The second-order valence-corrected chi connectivity index (χ2v) is 4.62. The van der Waals surface area contributed by atoms with Crippen molar-refractivity contribution >= 4 is 0 Å². The Labute approximate surface area is 136 Å².